The van der Waals surface area contributed by atoms with Gasteiger partial charge in [0.25, 0.3) is 0 Å². The Labute approximate surface area is 187 Å². The number of aromatic amines is 1. The van der Waals surface area contributed by atoms with Crippen LogP contribution in [-0.4, -0.2) is 78.0 Å². The van der Waals surface area contributed by atoms with Crippen LogP contribution in [0.15, 0.2) is 29.2 Å². The van der Waals surface area contributed by atoms with E-state index in [-0.39, 0.29) is 17.0 Å². The number of piperidine rings is 1. The Balaban J connectivity index is 1.05. The number of carbonyl (C=O) groups excluding carboxylic acids is 1. The number of nitrogens with zero attached hydrogens (tertiary/aromatic N) is 4. The maximum Gasteiger partial charge on any atom is 0.320 e. The van der Waals surface area contributed by atoms with E-state index in [0.29, 0.717) is 43.7 Å². The highest BCUT2D eigenvalue weighted by Crippen LogP contribution is 2.38. The van der Waals surface area contributed by atoms with Gasteiger partial charge in [-0.25, -0.2) is 18.2 Å². The van der Waals surface area contributed by atoms with E-state index >= 15 is 0 Å². The topological polar surface area (TPSA) is 121 Å². The number of aromatic nitrogens is 3. The van der Waals surface area contributed by atoms with E-state index < -0.39 is 9.84 Å². The van der Waals surface area contributed by atoms with Crippen molar-refractivity contribution in [2.45, 2.75) is 48.5 Å². The van der Waals surface area contributed by atoms with Gasteiger partial charge in [0.1, 0.15) is 11.9 Å². The summed E-state index contributed by atoms with van der Waals surface area (Å²) in [6, 6.07) is 6.51. The van der Waals surface area contributed by atoms with Crippen LogP contribution in [0.1, 0.15) is 49.2 Å². The third-order valence-electron chi connectivity index (χ3n) is 6.34. The third-order valence-corrected chi connectivity index (χ3v) is 7.45. The molecule has 2 aliphatic heterocycles. The molecule has 0 bridgehead atoms. The first-order valence-electron chi connectivity index (χ1n) is 11.0. The molecule has 1 saturated carbocycles. The highest BCUT2D eigenvalue weighted by molar-refractivity contribution is 7.90. The van der Waals surface area contributed by atoms with Crippen molar-refractivity contribution in [2.24, 2.45) is 0 Å². The maximum atomic E-state index is 12.8. The second-order valence-electron chi connectivity index (χ2n) is 8.94. The molecule has 2 N–H and O–H groups in total. The van der Waals surface area contributed by atoms with Crippen molar-refractivity contribution < 1.29 is 18.0 Å². The minimum atomic E-state index is -3.27. The predicted molar refractivity (Wildman–Crippen MR) is 117 cm³/mol. The Kier molecular flexibility index (Phi) is 5.54. The number of amides is 2. The van der Waals surface area contributed by atoms with Gasteiger partial charge in [0.05, 0.1) is 23.7 Å². The van der Waals surface area contributed by atoms with Crippen LogP contribution in [0.5, 0.6) is 0 Å². The maximum absolute atomic E-state index is 12.8. The lowest BCUT2D eigenvalue weighted by atomic mass is 9.96. The largest absolute Gasteiger partial charge is 0.325 e. The van der Waals surface area contributed by atoms with Gasteiger partial charge in [-0.3, -0.25) is 15.4 Å². The van der Waals surface area contributed by atoms with E-state index in [9.17, 15) is 13.2 Å². The average molecular weight is 461 g/mol. The van der Waals surface area contributed by atoms with Crippen molar-refractivity contribution >= 4 is 21.6 Å². The van der Waals surface area contributed by atoms with E-state index in [1.807, 2.05) is 4.90 Å². The van der Waals surface area contributed by atoms with E-state index in [1.165, 1.54) is 25.2 Å². The van der Waals surface area contributed by atoms with Gasteiger partial charge in [-0.2, -0.15) is 5.10 Å². The summed E-state index contributed by atoms with van der Waals surface area (Å²) in [6.07, 6.45) is 5.19. The molecule has 2 amide bonds. The summed E-state index contributed by atoms with van der Waals surface area (Å²) in [5.74, 6) is 2.78. The molecule has 1 aromatic heterocycles. The van der Waals surface area contributed by atoms with E-state index in [2.05, 4.69) is 20.7 Å². The highest BCUT2D eigenvalue weighted by atomic mass is 32.2. The van der Waals surface area contributed by atoms with Gasteiger partial charge in [-0.05, 0) is 43.9 Å². The molecule has 2 aromatic rings. The molecule has 3 aliphatic rings. The number of likely N-dealkylation sites (tertiary alicyclic amines) is 2. The van der Waals surface area contributed by atoms with Crippen LogP contribution in [0.25, 0.3) is 0 Å². The molecule has 1 aromatic carbocycles. The zero-order chi connectivity index (χ0) is 22.3. The Morgan fingerprint density at radius 1 is 1.12 bits per heavy atom. The summed E-state index contributed by atoms with van der Waals surface area (Å²) in [6.45, 7) is 2.43. The lowest BCUT2D eigenvalue weighted by molar-refractivity contribution is -0.0179. The number of anilines is 1. The number of hydrogen-bond acceptors (Lipinski definition) is 7. The van der Waals surface area contributed by atoms with Crippen LogP contribution < -0.4 is 5.48 Å². The normalized spacial score (nSPS) is 20.3. The average Bonchev–Trinajstić information content (AvgIpc) is 3.49. The Morgan fingerprint density at radius 3 is 2.56 bits per heavy atom. The fourth-order valence-corrected chi connectivity index (χ4v) is 4.82. The molecule has 1 aliphatic carbocycles. The molecule has 0 spiro atoms. The van der Waals surface area contributed by atoms with E-state index in [0.717, 1.165) is 24.5 Å². The van der Waals surface area contributed by atoms with Crippen LogP contribution in [-0.2, 0) is 14.7 Å². The lowest BCUT2D eigenvalue weighted by Gasteiger charge is -2.42. The van der Waals surface area contributed by atoms with Crippen LogP contribution in [0.3, 0.4) is 0 Å². The monoisotopic (exact) mass is 460 g/mol. The number of benzene rings is 1. The summed E-state index contributed by atoms with van der Waals surface area (Å²) >= 11 is 0. The molecule has 32 heavy (non-hydrogen) atoms. The van der Waals surface area contributed by atoms with Gasteiger partial charge in [-0.15, -0.1) is 0 Å². The molecular weight excluding hydrogens is 432 g/mol. The van der Waals surface area contributed by atoms with Crippen molar-refractivity contribution in [1.29, 1.82) is 0 Å². The summed E-state index contributed by atoms with van der Waals surface area (Å²) in [5, 5.41) is 7.45. The summed E-state index contributed by atoms with van der Waals surface area (Å²) in [4.78, 5) is 27.0. The van der Waals surface area contributed by atoms with Gasteiger partial charge in [0, 0.05) is 31.2 Å². The molecule has 0 unspecified atom stereocenters. The quantitative estimate of drug-likeness (QED) is 0.634. The van der Waals surface area contributed by atoms with Crippen molar-refractivity contribution in [3.63, 3.8) is 0 Å². The lowest BCUT2D eigenvalue weighted by Crippen LogP contribution is -2.59. The first kappa shape index (κ1) is 21.2. The summed E-state index contributed by atoms with van der Waals surface area (Å²) in [7, 11) is -3.27. The van der Waals surface area contributed by atoms with Gasteiger partial charge < -0.3 is 9.80 Å². The minimum Gasteiger partial charge on any atom is -0.325 e. The fraction of sp³-hybridized carbons (Fsp3) is 0.571. The molecule has 3 fully saturated rings. The molecule has 0 radical (unpaired) electrons. The summed E-state index contributed by atoms with van der Waals surface area (Å²) < 4.78 is 23.3. The fourth-order valence-electron chi connectivity index (χ4n) is 4.15. The van der Waals surface area contributed by atoms with Crippen molar-refractivity contribution in [1.82, 2.24) is 25.0 Å². The number of H-pyrrole nitrogens is 1. The molecule has 10 nitrogen and oxygen atoms in total. The molecule has 11 heteroatoms. The smallest absolute Gasteiger partial charge is 0.320 e. The van der Waals surface area contributed by atoms with Crippen LogP contribution >= 0.6 is 0 Å². The number of nitrogens with one attached hydrogen (secondary N) is 2. The van der Waals surface area contributed by atoms with E-state index in [1.54, 1.807) is 23.1 Å². The first-order valence-corrected chi connectivity index (χ1v) is 12.9. The zero-order valence-corrected chi connectivity index (χ0v) is 18.8. The Morgan fingerprint density at radius 2 is 1.88 bits per heavy atom. The second kappa shape index (κ2) is 8.36. The molecule has 3 heterocycles. The minimum absolute atomic E-state index is 0.0404. The van der Waals surface area contributed by atoms with Gasteiger partial charge in [0.15, 0.2) is 15.7 Å². The third kappa shape index (κ3) is 4.58. The number of rotatable bonds is 6. The number of sulfone groups is 1. The Bertz CT molecular complexity index is 1090. The molecular formula is C21H28N6O4S. The zero-order valence-electron chi connectivity index (χ0n) is 18.0. The standard InChI is InChI=1S/C21H28N6O4S/c1-32(29,30)18-4-2-3-16(11-18)25-31-17-12-27(13-17)21(28)26-9-7-15(8-10-26)20-22-19(23-24-20)14-5-6-14/h2-4,11,14-15,17,25H,5-10,12-13H2,1H3,(H,22,23,24). The number of hydrogen-bond donors (Lipinski definition) is 2. The first-order chi connectivity index (χ1) is 15.4. The summed E-state index contributed by atoms with van der Waals surface area (Å²) in [5.41, 5.74) is 3.37. The second-order valence-corrected chi connectivity index (χ2v) is 11.0. The van der Waals surface area contributed by atoms with E-state index in [4.69, 9.17) is 4.84 Å². The van der Waals surface area contributed by atoms with Crippen LogP contribution in [0, 0.1) is 0 Å². The predicted octanol–water partition coefficient (Wildman–Crippen LogP) is 2.11. The highest BCUT2D eigenvalue weighted by Gasteiger charge is 2.36. The number of urea groups is 1. The molecule has 5 rings (SSSR count). The van der Waals surface area contributed by atoms with Crippen LogP contribution in [0.4, 0.5) is 10.5 Å². The van der Waals surface area contributed by atoms with Crippen LogP contribution in [0.2, 0.25) is 0 Å². The SMILES string of the molecule is CS(=O)(=O)c1cccc(NOC2CN(C(=O)N3CCC(c4nc(C5CC5)n[nH]4)CC3)C2)c1. The van der Waals surface area contributed by atoms with Gasteiger partial charge in [-0.1, -0.05) is 6.07 Å². The Hall–Kier alpha value is -2.66. The van der Waals surface area contributed by atoms with Crippen molar-refractivity contribution in [3.8, 4) is 0 Å². The molecule has 172 valence electrons. The van der Waals surface area contributed by atoms with Gasteiger partial charge >= 0.3 is 6.03 Å². The van der Waals surface area contributed by atoms with Gasteiger partial charge in [0.2, 0.25) is 0 Å². The molecule has 0 atom stereocenters. The van der Waals surface area contributed by atoms with Crippen molar-refractivity contribution in [3.05, 3.63) is 35.9 Å². The number of carbonyl (C=O) groups is 1. The van der Waals surface area contributed by atoms with Crippen molar-refractivity contribution in [2.75, 3.05) is 37.9 Å². The molecule has 2 saturated heterocycles.